The average Bonchev–Trinajstić information content (AvgIpc) is 2.83. The van der Waals surface area contributed by atoms with Crippen LogP contribution in [0.4, 0.5) is 5.95 Å². The average molecular weight is 455 g/mol. The zero-order valence-corrected chi connectivity index (χ0v) is 19.9. The summed E-state index contributed by atoms with van der Waals surface area (Å²) in [5, 5.41) is 13.7. The molecule has 0 atom stereocenters. The van der Waals surface area contributed by atoms with E-state index in [0.29, 0.717) is 11.3 Å². The number of nitrogens with one attached hydrogen (secondary N) is 2. The van der Waals surface area contributed by atoms with Gasteiger partial charge in [0, 0.05) is 12.1 Å². The quantitative estimate of drug-likeness (QED) is 0.419. The number of aryl methyl sites for hydroxylation is 2. The molecule has 174 valence electrons. The summed E-state index contributed by atoms with van der Waals surface area (Å²) in [6.07, 6.45) is 4.25. The minimum Gasteiger partial charge on any atom is -0.299 e. The van der Waals surface area contributed by atoms with Gasteiger partial charge in [0.05, 0.1) is 11.9 Å². The Bertz CT molecular complexity index is 1280. The van der Waals surface area contributed by atoms with Crippen LogP contribution in [0.15, 0.2) is 52.4 Å². The van der Waals surface area contributed by atoms with Gasteiger partial charge in [0.2, 0.25) is 5.95 Å². The third kappa shape index (κ3) is 5.41. The lowest BCUT2D eigenvalue weighted by molar-refractivity contribution is 0.185. The minimum absolute atomic E-state index is 0.0214. The Morgan fingerprint density at radius 3 is 2.65 bits per heavy atom. The number of piperidine rings is 1. The maximum atomic E-state index is 12.4. The fraction of sp³-hybridized carbons (Fsp3) is 0.333. The molecule has 4 rings (SSSR count). The molecule has 34 heavy (non-hydrogen) atoms. The maximum absolute atomic E-state index is 12.4. The van der Waals surface area contributed by atoms with Gasteiger partial charge in [0.1, 0.15) is 11.6 Å². The van der Waals surface area contributed by atoms with Crippen LogP contribution in [-0.2, 0) is 6.54 Å². The standard InChI is InChI=1S/C27H30N6O/c1-18-9-11-33(12-10-18)17-23-14-22(19(2)13-20(23)3)16-29-32-27-30-25(21-7-5-4-6-8-21)24(15-28)26(34)31-27/h4-8,13-14,16,18H,9-12,17H2,1-3H3,(H2,30,31,32,34). The van der Waals surface area contributed by atoms with Crippen LogP contribution in [0.2, 0.25) is 0 Å². The highest BCUT2D eigenvalue weighted by Gasteiger charge is 2.17. The van der Waals surface area contributed by atoms with Gasteiger partial charge in [-0.3, -0.25) is 14.7 Å². The van der Waals surface area contributed by atoms with Crippen molar-refractivity contribution < 1.29 is 0 Å². The highest BCUT2D eigenvalue weighted by atomic mass is 16.1. The molecule has 1 aromatic heterocycles. The third-order valence-corrected chi connectivity index (χ3v) is 6.45. The lowest BCUT2D eigenvalue weighted by Crippen LogP contribution is -2.32. The SMILES string of the molecule is Cc1cc(C)c(CN2CCC(C)CC2)cc1C=NNc1nc(-c2ccccc2)c(C#N)c(=O)[nH]1. The van der Waals surface area contributed by atoms with E-state index >= 15 is 0 Å². The summed E-state index contributed by atoms with van der Waals surface area (Å²) < 4.78 is 0. The fourth-order valence-corrected chi connectivity index (χ4v) is 4.28. The summed E-state index contributed by atoms with van der Waals surface area (Å²) >= 11 is 0. The number of benzene rings is 2. The number of likely N-dealkylation sites (tertiary alicyclic amines) is 1. The first kappa shape index (κ1) is 23.4. The van der Waals surface area contributed by atoms with Crippen molar-refractivity contribution >= 4 is 12.2 Å². The van der Waals surface area contributed by atoms with Crippen molar-refractivity contribution in [2.45, 2.75) is 40.2 Å². The topological polar surface area (TPSA) is 97.2 Å². The number of nitriles is 1. The van der Waals surface area contributed by atoms with Crippen molar-refractivity contribution in [3.05, 3.63) is 80.6 Å². The molecule has 2 aromatic carbocycles. The van der Waals surface area contributed by atoms with E-state index in [2.05, 4.69) is 58.3 Å². The van der Waals surface area contributed by atoms with Crippen LogP contribution in [0.1, 0.15) is 47.6 Å². The summed E-state index contributed by atoms with van der Waals surface area (Å²) in [4.78, 5) is 22.0. The molecule has 2 heterocycles. The van der Waals surface area contributed by atoms with Gasteiger partial charge in [-0.05, 0) is 74.0 Å². The third-order valence-electron chi connectivity index (χ3n) is 6.45. The zero-order chi connectivity index (χ0) is 24.1. The number of rotatable bonds is 6. The van der Waals surface area contributed by atoms with Crippen molar-refractivity contribution in [3.63, 3.8) is 0 Å². The van der Waals surface area contributed by atoms with Crippen molar-refractivity contribution in [3.8, 4) is 17.3 Å². The second-order valence-corrected chi connectivity index (χ2v) is 9.08. The molecule has 0 amide bonds. The number of hydrogen-bond acceptors (Lipinski definition) is 6. The summed E-state index contributed by atoms with van der Waals surface area (Å²) in [7, 11) is 0. The van der Waals surface area contributed by atoms with Crippen molar-refractivity contribution in [1.29, 1.82) is 5.26 Å². The number of hydrazone groups is 1. The highest BCUT2D eigenvalue weighted by molar-refractivity contribution is 5.82. The van der Waals surface area contributed by atoms with Gasteiger partial charge in [-0.1, -0.05) is 43.3 Å². The summed E-state index contributed by atoms with van der Waals surface area (Å²) in [5.41, 5.74) is 8.06. The Kier molecular flexibility index (Phi) is 7.19. The molecule has 1 aliphatic heterocycles. The zero-order valence-electron chi connectivity index (χ0n) is 19.9. The van der Waals surface area contributed by atoms with Gasteiger partial charge >= 0.3 is 0 Å². The van der Waals surface area contributed by atoms with Crippen LogP contribution in [-0.4, -0.2) is 34.2 Å². The van der Waals surface area contributed by atoms with Crippen molar-refractivity contribution in [1.82, 2.24) is 14.9 Å². The van der Waals surface area contributed by atoms with Crippen LogP contribution in [0.5, 0.6) is 0 Å². The van der Waals surface area contributed by atoms with E-state index in [0.717, 1.165) is 36.7 Å². The molecule has 0 spiro atoms. The maximum Gasteiger partial charge on any atom is 0.270 e. The van der Waals surface area contributed by atoms with Gasteiger partial charge in [-0.2, -0.15) is 10.4 Å². The second-order valence-electron chi connectivity index (χ2n) is 9.08. The molecule has 7 heteroatoms. The van der Waals surface area contributed by atoms with Gasteiger partial charge in [0.25, 0.3) is 5.56 Å². The molecule has 0 bridgehead atoms. The molecule has 0 aliphatic carbocycles. The monoisotopic (exact) mass is 454 g/mol. The molecule has 7 nitrogen and oxygen atoms in total. The first-order chi connectivity index (χ1) is 16.4. The Morgan fingerprint density at radius 2 is 1.94 bits per heavy atom. The first-order valence-electron chi connectivity index (χ1n) is 11.7. The van der Waals surface area contributed by atoms with Crippen LogP contribution in [0.25, 0.3) is 11.3 Å². The molecular formula is C27H30N6O. The minimum atomic E-state index is -0.501. The predicted octanol–water partition coefficient (Wildman–Crippen LogP) is 4.60. The molecule has 1 saturated heterocycles. The summed E-state index contributed by atoms with van der Waals surface area (Å²) in [6, 6.07) is 15.5. The Labute approximate surface area is 200 Å². The molecule has 1 aliphatic rings. The van der Waals surface area contributed by atoms with Gasteiger partial charge in [0.15, 0.2) is 0 Å². The van der Waals surface area contributed by atoms with E-state index in [4.69, 9.17) is 0 Å². The normalized spacial score (nSPS) is 14.9. The fourth-order valence-electron chi connectivity index (χ4n) is 4.28. The molecule has 2 N–H and O–H groups in total. The van der Waals surface area contributed by atoms with Crippen molar-refractivity contribution in [2.75, 3.05) is 18.5 Å². The van der Waals surface area contributed by atoms with Crippen LogP contribution < -0.4 is 11.0 Å². The smallest absolute Gasteiger partial charge is 0.270 e. The van der Waals surface area contributed by atoms with E-state index < -0.39 is 5.56 Å². The van der Waals surface area contributed by atoms with E-state index in [9.17, 15) is 10.1 Å². The summed E-state index contributed by atoms with van der Waals surface area (Å²) in [6.45, 7) is 9.77. The Morgan fingerprint density at radius 1 is 1.21 bits per heavy atom. The van der Waals surface area contributed by atoms with E-state index in [1.165, 1.54) is 24.0 Å². The lowest BCUT2D eigenvalue weighted by Gasteiger charge is -2.30. The number of H-pyrrole nitrogens is 1. The Hall–Kier alpha value is -3.76. The van der Waals surface area contributed by atoms with E-state index in [1.807, 2.05) is 36.4 Å². The van der Waals surface area contributed by atoms with Crippen molar-refractivity contribution in [2.24, 2.45) is 11.0 Å². The lowest BCUT2D eigenvalue weighted by atomic mass is 9.96. The van der Waals surface area contributed by atoms with E-state index in [1.54, 1.807) is 6.21 Å². The summed E-state index contributed by atoms with van der Waals surface area (Å²) in [5.74, 6) is 1.00. The number of nitrogens with zero attached hydrogens (tertiary/aromatic N) is 4. The molecule has 0 unspecified atom stereocenters. The number of hydrogen-bond donors (Lipinski definition) is 2. The largest absolute Gasteiger partial charge is 0.299 e. The molecule has 1 fully saturated rings. The second kappa shape index (κ2) is 10.4. The molecular weight excluding hydrogens is 424 g/mol. The van der Waals surface area contributed by atoms with Gasteiger partial charge in [-0.15, -0.1) is 0 Å². The predicted molar refractivity (Wildman–Crippen MR) is 136 cm³/mol. The molecule has 0 saturated carbocycles. The van der Waals surface area contributed by atoms with Crippen LogP contribution >= 0.6 is 0 Å². The number of anilines is 1. The van der Waals surface area contributed by atoms with Crippen LogP contribution in [0.3, 0.4) is 0 Å². The van der Waals surface area contributed by atoms with E-state index in [-0.39, 0.29) is 11.5 Å². The molecule has 3 aromatic rings. The molecule has 0 radical (unpaired) electrons. The number of aromatic amines is 1. The van der Waals surface area contributed by atoms with Gasteiger partial charge in [-0.25, -0.2) is 10.4 Å². The Balaban J connectivity index is 1.54. The van der Waals surface area contributed by atoms with Crippen LogP contribution in [0, 0.1) is 31.1 Å². The first-order valence-corrected chi connectivity index (χ1v) is 11.7. The number of aromatic nitrogens is 2. The highest BCUT2D eigenvalue weighted by Crippen LogP contribution is 2.22. The van der Waals surface area contributed by atoms with Gasteiger partial charge < -0.3 is 0 Å².